The van der Waals surface area contributed by atoms with E-state index in [0.717, 1.165) is 31.4 Å². The standard InChI is InChI=1S/C12H18O6/c1-3-5-9-15-10(13)6-7-11(14)16-12(8-4-2)17-18-12/h6-7H,3-5,8-9H2,1-2H3/b7-6+. The number of carbonyl (C=O) groups excluding carboxylic acids is 2. The van der Waals surface area contributed by atoms with Gasteiger partial charge in [-0.3, -0.25) is 0 Å². The minimum atomic E-state index is -1.25. The molecule has 0 unspecified atom stereocenters. The first-order valence-corrected chi connectivity index (χ1v) is 6.06. The van der Waals surface area contributed by atoms with Crippen LogP contribution in [0.25, 0.3) is 0 Å². The van der Waals surface area contributed by atoms with Crippen molar-refractivity contribution < 1.29 is 28.8 Å². The highest BCUT2D eigenvalue weighted by atomic mass is 17.5. The Labute approximate surface area is 106 Å². The summed E-state index contributed by atoms with van der Waals surface area (Å²) in [4.78, 5) is 31.7. The molecule has 1 heterocycles. The second kappa shape index (κ2) is 7.13. The average Bonchev–Trinajstić information content (AvgIpc) is 3.07. The van der Waals surface area contributed by atoms with Gasteiger partial charge in [0.25, 0.3) is 0 Å². The smallest absolute Gasteiger partial charge is 0.383 e. The number of rotatable bonds is 8. The number of ether oxygens (including phenoxy) is 2. The first-order valence-electron chi connectivity index (χ1n) is 6.06. The lowest BCUT2D eigenvalue weighted by atomic mass is 10.3. The lowest BCUT2D eigenvalue weighted by molar-refractivity contribution is -0.156. The van der Waals surface area contributed by atoms with Crippen LogP contribution in [0.5, 0.6) is 0 Å². The highest BCUT2D eigenvalue weighted by Gasteiger charge is 2.52. The second-order valence-corrected chi connectivity index (χ2v) is 3.88. The molecule has 0 spiro atoms. The molecule has 6 heteroatoms. The summed E-state index contributed by atoms with van der Waals surface area (Å²) in [5.41, 5.74) is 0. The molecule has 0 N–H and O–H groups in total. The number of esters is 2. The van der Waals surface area contributed by atoms with E-state index in [9.17, 15) is 9.59 Å². The van der Waals surface area contributed by atoms with Crippen LogP contribution in [-0.2, 0) is 28.8 Å². The van der Waals surface area contributed by atoms with Crippen LogP contribution in [0.3, 0.4) is 0 Å². The molecule has 0 radical (unpaired) electrons. The summed E-state index contributed by atoms with van der Waals surface area (Å²) in [5, 5.41) is 0. The Kier molecular flexibility index (Phi) is 5.80. The fourth-order valence-corrected chi connectivity index (χ4v) is 1.21. The van der Waals surface area contributed by atoms with Crippen LogP contribution in [0.2, 0.25) is 0 Å². The SMILES string of the molecule is CCCCOC(=O)/C=C/C(=O)OC1(CCC)OO1. The van der Waals surface area contributed by atoms with E-state index in [0.29, 0.717) is 13.0 Å². The van der Waals surface area contributed by atoms with Gasteiger partial charge in [-0.2, -0.15) is 9.78 Å². The van der Waals surface area contributed by atoms with E-state index in [4.69, 9.17) is 9.47 Å². The maximum Gasteiger partial charge on any atom is 0.383 e. The van der Waals surface area contributed by atoms with E-state index in [1.54, 1.807) is 0 Å². The van der Waals surface area contributed by atoms with Gasteiger partial charge >= 0.3 is 17.9 Å². The van der Waals surface area contributed by atoms with Crippen LogP contribution in [0.4, 0.5) is 0 Å². The van der Waals surface area contributed by atoms with E-state index >= 15 is 0 Å². The third kappa shape index (κ3) is 5.29. The Bertz CT molecular complexity index is 319. The molecular weight excluding hydrogens is 240 g/mol. The Balaban J connectivity index is 2.25. The van der Waals surface area contributed by atoms with E-state index in [1.165, 1.54) is 0 Å². The zero-order valence-corrected chi connectivity index (χ0v) is 10.6. The summed E-state index contributed by atoms with van der Waals surface area (Å²) in [7, 11) is 0. The molecule has 0 saturated carbocycles. The van der Waals surface area contributed by atoms with Crippen LogP contribution in [0.15, 0.2) is 12.2 Å². The van der Waals surface area contributed by atoms with E-state index in [2.05, 4.69) is 9.78 Å². The predicted octanol–water partition coefficient (Wildman–Crippen LogP) is 1.84. The maximum atomic E-state index is 11.3. The van der Waals surface area contributed by atoms with Crippen LogP contribution in [0.1, 0.15) is 39.5 Å². The summed E-state index contributed by atoms with van der Waals surface area (Å²) < 4.78 is 9.72. The van der Waals surface area contributed by atoms with Crippen LogP contribution in [0, 0.1) is 0 Å². The van der Waals surface area contributed by atoms with Crippen LogP contribution < -0.4 is 0 Å². The summed E-state index contributed by atoms with van der Waals surface area (Å²) in [5.74, 6) is -2.52. The van der Waals surface area contributed by atoms with Crippen molar-refractivity contribution >= 4 is 11.9 Å². The van der Waals surface area contributed by atoms with E-state index in [1.807, 2.05) is 13.8 Å². The quantitative estimate of drug-likeness (QED) is 0.217. The Morgan fingerprint density at radius 3 is 2.33 bits per heavy atom. The van der Waals surface area contributed by atoms with Gasteiger partial charge in [0.05, 0.1) is 6.61 Å². The normalized spacial score (nSPS) is 16.6. The number of hydrogen-bond donors (Lipinski definition) is 0. The molecule has 0 aromatic carbocycles. The van der Waals surface area contributed by atoms with Gasteiger partial charge < -0.3 is 9.47 Å². The number of unbranched alkanes of at least 4 members (excludes halogenated alkanes) is 1. The van der Waals surface area contributed by atoms with Gasteiger partial charge in [-0.15, -0.1) is 0 Å². The number of carbonyl (C=O) groups is 2. The molecule has 18 heavy (non-hydrogen) atoms. The molecule has 0 aliphatic carbocycles. The molecule has 1 fully saturated rings. The first kappa shape index (κ1) is 14.7. The third-order valence-electron chi connectivity index (χ3n) is 2.18. The van der Waals surface area contributed by atoms with Gasteiger partial charge in [0.15, 0.2) is 0 Å². The van der Waals surface area contributed by atoms with Crippen molar-refractivity contribution in [3.63, 3.8) is 0 Å². The zero-order chi connectivity index (χ0) is 13.4. The fourth-order valence-electron chi connectivity index (χ4n) is 1.21. The zero-order valence-electron chi connectivity index (χ0n) is 10.6. The van der Waals surface area contributed by atoms with Gasteiger partial charge in [-0.05, 0) is 12.8 Å². The van der Waals surface area contributed by atoms with E-state index in [-0.39, 0.29) is 0 Å². The fraction of sp³-hybridized carbons (Fsp3) is 0.667. The van der Waals surface area contributed by atoms with Crippen molar-refractivity contribution in [1.82, 2.24) is 0 Å². The molecule has 0 bridgehead atoms. The molecule has 1 aliphatic heterocycles. The molecule has 0 amide bonds. The summed E-state index contributed by atoms with van der Waals surface area (Å²) >= 11 is 0. The largest absolute Gasteiger partial charge is 0.463 e. The minimum Gasteiger partial charge on any atom is -0.463 e. The molecular formula is C12H18O6. The van der Waals surface area contributed by atoms with Crippen molar-refractivity contribution in [2.24, 2.45) is 0 Å². The molecule has 1 saturated heterocycles. The molecule has 102 valence electrons. The summed E-state index contributed by atoms with van der Waals surface area (Å²) in [6.45, 7) is 4.24. The van der Waals surface area contributed by atoms with E-state index < -0.39 is 17.9 Å². The third-order valence-corrected chi connectivity index (χ3v) is 2.18. The molecule has 0 aromatic heterocycles. The van der Waals surface area contributed by atoms with Crippen LogP contribution >= 0.6 is 0 Å². The van der Waals surface area contributed by atoms with Gasteiger partial charge in [-0.1, -0.05) is 20.3 Å². The molecule has 1 aliphatic rings. The topological polar surface area (TPSA) is 77.7 Å². The van der Waals surface area contributed by atoms with Crippen molar-refractivity contribution in [3.8, 4) is 0 Å². The molecule has 1 rings (SSSR count). The van der Waals surface area contributed by atoms with Gasteiger partial charge in [-0.25, -0.2) is 9.59 Å². The Morgan fingerprint density at radius 2 is 1.78 bits per heavy atom. The second-order valence-electron chi connectivity index (χ2n) is 3.88. The molecule has 0 atom stereocenters. The lowest BCUT2D eigenvalue weighted by Gasteiger charge is -2.04. The summed E-state index contributed by atoms with van der Waals surface area (Å²) in [6, 6.07) is 0. The Hall–Kier alpha value is -1.40. The van der Waals surface area contributed by atoms with Crippen molar-refractivity contribution in [2.45, 2.75) is 45.5 Å². The van der Waals surface area contributed by atoms with Crippen molar-refractivity contribution in [3.05, 3.63) is 12.2 Å². The summed E-state index contributed by atoms with van der Waals surface area (Å²) in [6.07, 6.45) is 4.96. The van der Waals surface area contributed by atoms with Crippen molar-refractivity contribution in [1.29, 1.82) is 0 Å². The predicted molar refractivity (Wildman–Crippen MR) is 60.9 cm³/mol. The Morgan fingerprint density at radius 1 is 1.11 bits per heavy atom. The van der Waals surface area contributed by atoms with Gasteiger partial charge in [0.1, 0.15) is 0 Å². The molecule has 6 nitrogen and oxygen atoms in total. The lowest BCUT2D eigenvalue weighted by Crippen LogP contribution is -2.19. The van der Waals surface area contributed by atoms with Crippen LogP contribution in [-0.4, -0.2) is 24.5 Å². The number of hydrogen-bond acceptors (Lipinski definition) is 6. The highest BCUT2D eigenvalue weighted by Crippen LogP contribution is 2.35. The van der Waals surface area contributed by atoms with Crippen molar-refractivity contribution in [2.75, 3.05) is 6.61 Å². The highest BCUT2D eigenvalue weighted by molar-refractivity contribution is 5.91. The minimum absolute atomic E-state index is 0.348. The monoisotopic (exact) mass is 258 g/mol. The molecule has 0 aromatic rings. The maximum absolute atomic E-state index is 11.3. The van der Waals surface area contributed by atoms with Gasteiger partial charge in [0, 0.05) is 18.6 Å². The van der Waals surface area contributed by atoms with Gasteiger partial charge in [0.2, 0.25) is 0 Å². The first-order chi connectivity index (χ1) is 8.62. The average molecular weight is 258 g/mol.